The highest BCUT2D eigenvalue weighted by Gasteiger charge is 2.27. The van der Waals surface area contributed by atoms with Crippen LogP contribution >= 0.6 is 12.2 Å². The minimum Gasteiger partial charge on any atom is -0.495 e. The molecule has 0 amide bonds. The van der Waals surface area contributed by atoms with E-state index in [-0.39, 0.29) is 0 Å². The first-order valence-electron chi connectivity index (χ1n) is 9.62. The summed E-state index contributed by atoms with van der Waals surface area (Å²) in [7, 11) is -1.85. The van der Waals surface area contributed by atoms with Crippen molar-refractivity contribution in [2.75, 3.05) is 30.8 Å². The second-order valence-corrected chi connectivity index (χ2v) is 9.74. The maximum atomic E-state index is 12.8. The quantitative estimate of drug-likeness (QED) is 0.688. The summed E-state index contributed by atoms with van der Waals surface area (Å²) in [4.78, 5) is 0.303. The molecule has 1 aliphatic heterocycles. The van der Waals surface area contributed by atoms with Crippen molar-refractivity contribution in [2.45, 2.75) is 31.6 Å². The molecule has 0 radical (unpaired) electrons. The van der Waals surface area contributed by atoms with Crippen LogP contribution in [0, 0.1) is 12.8 Å². The van der Waals surface area contributed by atoms with Crippen LogP contribution in [-0.4, -0.2) is 38.0 Å². The molecule has 1 fully saturated rings. The van der Waals surface area contributed by atoms with E-state index in [0.717, 1.165) is 24.1 Å². The number of piperidine rings is 1. The lowest BCUT2D eigenvalue weighted by atomic mass is 10.0. The Morgan fingerprint density at radius 2 is 1.76 bits per heavy atom. The number of sulfonamides is 1. The average Bonchev–Trinajstić information content (AvgIpc) is 2.69. The fraction of sp³-hybridized carbons (Fsp3) is 0.381. The molecular weight excluding hydrogens is 406 g/mol. The summed E-state index contributed by atoms with van der Waals surface area (Å²) in [5.41, 5.74) is 2.56. The summed E-state index contributed by atoms with van der Waals surface area (Å²) in [5, 5.41) is 6.60. The molecule has 29 heavy (non-hydrogen) atoms. The number of thiocarbonyl (C=S) groups is 1. The van der Waals surface area contributed by atoms with Crippen molar-refractivity contribution in [2.24, 2.45) is 5.92 Å². The van der Waals surface area contributed by atoms with Gasteiger partial charge >= 0.3 is 0 Å². The number of benzene rings is 2. The van der Waals surface area contributed by atoms with Crippen molar-refractivity contribution in [1.29, 1.82) is 0 Å². The van der Waals surface area contributed by atoms with E-state index < -0.39 is 10.0 Å². The van der Waals surface area contributed by atoms with Crippen molar-refractivity contribution >= 4 is 38.7 Å². The van der Waals surface area contributed by atoms with Crippen LogP contribution in [-0.2, 0) is 10.0 Å². The van der Waals surface area contributed by atoms with E-state index in [2.05, 4.69) is 17.6 Å². The zero-order valence-corrected chi connectivity index (χ0v) is 18.6. The van der Waals surface area contributed by atoms with Gasteiger partial charge < -0.3 is 15.4 Å². The van der Waals surface area contributed by atoms with Gasteiger partial charge in [-0.15, -0.1) is 0 Å². The van der Waals surface area contributed by atoms with E-state index in [9.17, 15) is 8.42 Å². The Balaban J connectivity index is 1.66. The predicted molar refractivity (Wildman–Crippen MR) is 121 cm³/mol. The molecule has 6 nitrogen and oxygen atoms in total. The van der Waals surface area contributed by atoms with Gasteiger partial charge in [-0.25, -0.2) is 8.42 Å². The lowest BCUT2D eigenvalue weighted by Gasteiger charge is -2.29. The maximum Gasteiger partial charge on any atom is 0.243 e. The van der Waals surface area contributed by atoms with Gasteiger partial charge in [-0.3, -0.25) is 0 Å². The van der Waals surface area contributed by atoms with E-state index >= 15 is 0 Å². The molecule has 2 N–H and O–H groups in total. The van der Waals surface area contributed by atoms with Gasteiger partial charge in [0.05, 0.1) is 17.7 Å². The molecule has 2 aromatic carbocycles. The molecule has 0 aromatic heterocycles. The van der Waals surface area contributed by atoms with Crippen LogP contribution in [0.15, 0.2) is 47.4 Å². The molecule has 8 heteroatoms. The second kappa shape index (κ2) is 9.11. The highest BCUT2D eigenvalue weighted by Crippen LogP contribution is 2.26. The molecule has 1 heterocycles. The fourth-order valence-corrected chi connectivity index (χ4v) is 4.99. The zero-order chi connectivity index (χ0) is 21.0. The molecule has 1 saturated heterocycles. The molecule has 156 valence electrons. The van der Waals surface area contributed by atoms with Crippen molar-refractivity contribution in [1.82, 2.24) is 4.31 Å². The van der Waals surface area contributed by atoms with E-state index in [1.54, 1.807) is 35.7 Å². The number of anilines is 2. The highest BCUT2D eigenvalue weighted by atomic mass is 32.2. The van der Waals surface area contributed by atoms with Crippen LogP contribution in [0.4, 0.5) is 11.4 Å². The minimum atomic E-state index is -3.45. The van der Waals surface area contributed by atoms with Crippen LogP contribution in [0.5, 0.6) is 5.75 Å². The van der Waals surface area contributed by atoms with Gasteiger partial charge in [0.25, 0.3) is 0 Å². The number of methoxy groups -OCH3 is 1. The number of hydrogen-bond acceptors (Lipinski definition) is 4. The molecular formula is C21H27N3O3S2. The predicted octanol–water partition coefficient (Wildman–Crippen LogP) is 4.23. The zero-order valence-electron chi connectivity index (χ0n) is 16.9. The number of ether oxygens (including phenoxy) is 1. The van der Waals surface area contributed by atoms with Crippen LogP contribution in [0.2, 0.25) is 0 Å². The van der Waals surface area contributed by atoms with Crippen molar-refractivity contribution < 1.29 is 13.2 Å². The lowest BCUT2D eigenvalue weighted by molar-refractivity contribution is 0.288. The second-order valence-electron chi connectivity index (χ2n) is 7.39. The van der Waals surface area contributed by atoms with Gasteiger partial charge in [-0.2, -0.15) is 4.31 Å². The third-order valence-electron chi connectivity index (χ3n) is 5.10. The largest absolute Gasteiger partial charge is 0.495 e. The number of nitrogens with zero attached hydrogens (tertiary/aromatic N) is 1. The topological polar surface area (TPSA) is 70.7 Å². The molecule has 0 bridgehead atoms. The summed E-state index contributed by atoms with van der Waals surface area (Å²) < 4.78 is 32.6. The molecule has 0 saturated carbocycles. The Bertz CT molecular complexity index is 967. The number of aryl methyl sites for hydroxylation is 1. The van der Waals surface area contributed by atoms with Crippen molar-refractivity contribution in [3.05, 3.63) is 48.0 Å². The summed E-state index contributed by atoms with van der Waals surface area (Å²) in [6, 6.07) is 12.5. The van der Waals surface area contributed by atoms with Gasteiger partial charge in [-0.05, 0) is 79.9 Å². The Labute approximate surface area is 178 Å². The first-order valence-corrected chi connectivity index (χ1v) is 11.5. The number of rotatable bonds is 5. The molecule has 3 rings (SSSR count). The standard InChI is InChI=1S/C21H27N3O3S2/c1-15-10-12-24(13-11-15)29(25,26)18-7-5-17(6-8-18)22-21(28)23-19-14-16(2)4-9-20(19)27-3/h4-9,14-15H,10-13H2,1-3H3,(H2,22,23,28). The Morgan fingerprint density at radius 1 is 1.10 bits per heavy atom. The first kappa shape index (κ1) is 21.5. The fourth-order valence-electron chi connectivity index (χ4n) is 3.29. The van der Waals surface area contributed by atoms with Crippen LogP contribution < -0.4 is 15.4 Å². The number of nitrogens with one attached hydrogen (secondary N) is 2. The smallest absolute Gasteiger partial charge is 0.243 e. The molecule has 0 spiro atoms. The van der Waals surface area contributed by atoms with Crippen LogP contribution in [0.25, 0.3) is 0 Å². The minimum absolute atomic E-state index is 0.303. The summed E-state index contributed by atoms with van der Waals surface area (Å²) in [6.07, 6.45) is 1.81. The van der Waals surface area contributed by atoms with Crippen LogP contribution in [0.3, 0.4) is 0 Å². The van der Waals surface area contributed by atoms with Gasteiger partial charge in [-0.1, -0.05) is 13.0 Å². The third-order valence-corrected chi connectivity index (χ3v) is 7.21. The SMILES string of the molecule is COc1ccc(C)cc1NC(=S)Nc1ccc(S(=O)(=O)N2CCC(C)CC2)cc1. The molecule has 0 unspecified atom stereocenters. The van der Waals surface area contributed by atoms with E-state index in [1.165, 1.54) is 0 Å². The molecule has 0 aliphatic carbocycles. The van der Waals surface area contributed by atoms with E-state index in [1.807, 2.05) is 25.1 Å². The molecule has 0 atom stereocenters. The average molecular weight is 434 g/mol. The van der Waals surface area contributed by atoms with Gasteiger partial charge in [0.2, 0.25) is 10.0 Å². The van der Waals surface area contributed by atoms with E-state index in [0.29, 0.717) is 40.5 Å². The van der Waals surface area contributed by atoms with Crippen molar-refractivity contribution in [3.8, 4) is 5.75 Å². The Kier molecular flexibility index (Phi) is 6.77. The lowest BCUT2D eigenvalue weighted by Crippen LogP contribution is -2.37. The Morgan fingerprint density at radius 3 is 2.38 bits per heavy atom. The Hall–Kier alpha value is -2.16. The summed E-state index contributed by atoms with van der Waals surface area (Å²) >= 11 is 5.38. The van der Waals surface area contributed by atoms with Gasteiger partial charge in [0.15, 0.2) is 5.11 Å². The first-order chi connectivity index (χ1) is 13.8. The monoisotopic (exact) mass is 433 g/mol. The maximum absolute atomic E-state index is 12.8. The van der Waals surface area contributed by atoms with Gasteiger partial charge in [0, 0.05) is 18.8 Å². The third kappa shape index (κ3) is 5.26. The van der Waals surface area contributed by atoms with Crippen molar-refractivity contribution in [3.63, 3.8) is 0 Å². The van der Waals surface area contributed by atoms with E-state index in [4.69, 9.17) is 17.0 Å². The number of hydrogen-bond donors (Lipinski definition) is 2. The summed E-state index contributed by atoms with van der Waals surface area (Å²) in [6.45, 7) is 5.31. The van der Waals surface area contributed by atoms with Gasteiger partial charge in [0.1, 0.15) is 5.75 Å². The highest BCUT2D eigenvalue weighted by molar-refractivity contribution is 7.89. The van der Waals surface area contributed by atoms with Crippen LogP contribution in [0.1, 0.15) is 25.3 Å². The molecule has 2 aromatic rings. The normalized spacial score (nSPS) is 15.7. The summed E-state index contributed by atoms with van der Waals surface area (Å²) in [5.74, 6) is 1.27. The molecule has 1 aliphatic rings.